The van der Waals surface area contributed by atoms with Crippen molar-refractivity contribution >= 4 is 11.6 Å². The van der Waals surface area contributed by atoms with Gasteiger partial charge in [-0.25, -0.2) is 4.68 Å². The molecule has 1 aromatic carbocycles. The van der Waals surface area contributed by atoms with Gasteiger partial charge in [-0.15, -0.1) is 0 Å². The van der Waals surface area contributed by atoms with E-state index in [0.717, 1.165) is 35.9 Å². The summed E-state index contributed by atoms with van der Waals surface area (Å²) < 4.78 is 1.88. The zero-order chi connectivity index (χ0) is 18.0. The first kappa shape index (κ1) is 17.7. The van der Waals surface area contributed by atoms with Crippen molar-refractivity contribution in [2.45, 2.75) is 34.1 Å². The minimum atomic E-state index is 0.0418. The van der Waals surface area contributed by atoms with Gasteiger partial charge in [0.25, 0.3) is 0 Å². The molecule has 2 aromatic rings. The zero-order valence-corrected chi connectivity index (χ0v) is 15.6. The minimum Gasteiger partial charge on any atom is -0.322 e. The van der Waals surface area contributed by atoms with E-state index in [9.17, 15) is 4.79 Å². The fraction of sp³-hybridized carbons (Fsp3) is 0.500. The van der Waals surface area contributed by atoms with Gasteiger partial charge in [0, 0.05) is 13.1 Å². The van der Waals surface area contributed by atoms with Crippen LogP contribution in [0.25, 0.3) is 5.69 Å². The summed E-state index contributed by atoms with van der Waals surface area (Å²) in [5.74, 6) is 1.35. The number of likely N-dealkylation sites (tertiary alicyclic amines) is 1. The van der Waals surface area contributed by atoms with E-state index in [1.54, 1.807) is 0 Å². The number of aromatic nitrogens is 2. The highest BCUT2D eigenvalue weighted by molar-refractivity contribution is 5.93. The molecule has 1 N–H and O–H groups in total. The van der Waals surface area contributed by atoms with Crippen molar-refractivity contribution in [3.8, 4) is 5.69 Å². The highest BCUT2D eigenvalue weighted by Crippen LogP contribution is 2.24. The van der Waals surface area contributed by atoms with Crippen LogP contribution in [0.2, 0.25) is 0 Å². The van der Waals surface area contributed by atoms with E-state index >= 15 is 0 Å². The maximum absolute atomic E-state index is 12.6. The smallest absolute Gasteiger partial charge is 0.238 e. The lowest BCUT2D eigenvalue weighted by molar-refractivity contribution is -0.117. The molecule has 2 heterocycles. The van der Waals surface area contributed by atoms with Crippen molar-refractivity contribution in [1.29, 1.82) is 0 Å². The lowest BCUT2D eigenvalue weighted by atomic mass is 9.92. The summed E-state index contributed by atoms with van der Waals surface area (Å²) in [5, 5.41) is 7.67. The van der Waals surface area contributed by atoms with Gasteiger partial charge in [-0.2, -0.15) is 5.10 Å². The Morgan fingerprint density at radius 1 is 1.16 bits per heavy atom. The van der Waals surface area contributed by atoms with Gasteiger partial charge in [-0.3, -0.25) is 9.69 Å². The average molecular weight is 340 g/mol. The second-order valence-electron chi connectivity index (χ2n) is 7.48. The molecular weight excluding hydrogens is 312 g/mol. The van der Waals surface area contributed by atoms with Gasteiger partial charge < -0.3 is 5.32 Å². The lowest BCUT2D eigenvalue weighted by Gasteiger charge is -2.34. The molecule has 0 saturated carbocycles. The number of hydrogen-bond acceptors (Lipinski definition) is 3. The van der Waals surface area contributed by atoms with Gasteiger partial charge in [-0.05, 0) is 44.2 Å². The van der Waals surface area contributed by atoms with Crippen LogP contribution in [-0.4, -0.2) is 40.2 Å². The van der Waals surface area contributed by atoms with Crippen LogP contribution in [0.4, 0.5) is 5.69 Å². The van der Waals surface area contributed by atoms with Crippen molar-refractivity contribution in [1.82, 2.24) is 14.7 Å². The molecule has 1 aliphatic heterocycles. The van der Waals surface area contributed by atoms with E-state index in [1.165, 1.54) is 6.42 Å². The Labute approximate surface area is 150 Å². The number of aryl methyl sites for hydroxylation is 1. The first-order valence-electron chi connectivity index (χ1n) is 9.08. The van der Waals surface area contributed by atoms with Gasteiger partial charge in [0.15, 0.2) is 0 Å². The van der Waals surface area contributed by atoms with E-state index in [0.29, 0.717) is 18.4 Å². The van der Waals surface area contributed by atoms with E-state index in [1.807, 2.05) is 48.9 Å². The minimum absolute atomic E-state index is 0.0418. The van der Waals surface area contributed by atoms with Gasteiger partial charge in [0.1, 0.15) is 0 Å². The van der Waals surface area contributed by atoms with Crippen molar-refractivity contribution in [3.63, 3.8) is 0 Å². The van der Waals surface area contributed by atoms with Crippen LogP contribution in [0.15, 0.2) is 30.3 Å². The van der Waals surface area contributed by atoms with Crippen LogP contribution >= 0.6 is 0 Å². The molecule has 0 unspecified atom stereocenters. The zero-order valence-electron chi connectivity index (χ0n) is 15.6. The molecule has 25 heavy (non-hydrogen) atoms. The average Bonchev–Trinajstić information content (AvgIpc) is 2.83. The molecule has 1 amide bonds. The van der Waals surface area contributed by atoms with Crippen LogP contribution in [0.3, 0.4) is 0 Å². The fourth-order valence-corrected chi connectivity index (χ4v) is 3.95. The number of para-hydroxylation sites is 1. The maximum atomic E-state index is 12.6. The highest BCUT2D eigenvalue weighted by Gasteiger charge is 2.24. The predicted molar refractivity (Wildman–Crippen MR) is 101 cm³/mol. The second-order valence-corrected chi connectivity index (χ2v) is 7.48. The molecule has 0 spiro atoms. The first-order valence-corrected chi connectivity index (χ1v) is 9.08. The molecule has 2 atom stereocenters. The third-order valence-corrected chi connectivity index (χ3v) is 4.87. The number of hydrogen-bond donors (Lipinski definition) is 1. The van der Waals surface area contributed by atoms with E-state index in [4.69, 9.17) is 0 Å². The van der Waals surface area contributed by atoms with Crippen LogP contribution in [0.1, 0.15) is 31.7 Å². The Bertz CT molecular complexity index is 728. The topological polar surface area (TPSA) is 50.2 Å². The monoisotopic (exact) mass is 340 g/mol. The molecule has 1 fully saturated rings. The van der Waals surface area contributed by atoms with Crippen molar-refractivity contribution in [2.24, 2.45) is 11.8 Å². The Hall–Kier alpha value is -2.14. The third-order valence-electron chi connectivity index (χ3n) is 4.87. The molecule has 1 aliphatic rings. The molecule has 5 heteroatoms. The normalized spacial score (nSPS) is 21.3. The molecule has 1 saturated heterocycles. The van der Waals surface area contributed by atoms with Crippen LogP contribution < -0.4 is 5.32 Å². The quantitative estimate of drug-likeness (QED) is 0.928. The summed E-state index contributed by atoms with van der Waals surface area (Å²) in [4.78, 5) is 14.8. The summed E-state index contributed by atoms with van der Waals surface area (Å²) in [6, 6.07) is 9.99. The summed E-state index contributed by atoms with van der Waals surface area (Å²) in [6.07, 6.45) is 1.25. The van der Waals surface area contributed by atoms with Gasteiger partial charge in [0.2, 0.25) is 5.91 Å². The number of anilines is 1. The number of benzene rings is 1. The number of rotatable bonds is 4. The Balaban J connectivity index is 1.70. The number of carbonyl (C=O) groups excluding carboxylic acids is 1. The number of amides is 1. The van der Waals surface area contributed by atoms with Crippen molar-refractivity contribution in [2.75, 3.05) is 25.0 Å². The molecule has 3 rings (SSSR count). The summed E-state index contributed by atoms with van der Waals surface area (Å²) in [6.45, 7) is 10.9. The molecular formula is C20H28N4O. The number of nitrogens with one attached hydrogen (secondary N) is 1. The summed E-state index contributed by atoms with van der Waals surface area (Å²) >= 11 is 0. The Kier molecular flexibility index (Phi) is 5.23. The molecule has 0 aliphatic carbocycles. The lowest BCUT2D eigenvalue weighted by Crippen LogP contribution is -2.42. The molecule has 0 bridgehead atoms. The molecule has 134 valence electrons. The number of piperidine rings is 1. The van der Waals surface area contributed by atoms with E-state index in [2.05, 4.69) is 29.2 Å². The molecule has 5 nitrogen and oxygen atoms in total. The standard InChI is InChI=1S/C20H28N4O/c1-14-10-15(2)12-23(11-14)13-19(25)21-20-16(3)22-24(17(20)4)18-8-6-5-7-9-18/h5-9,14-15H,10-13H2,1-4H3,(H,21,25)/t14-,15-/m0/s1. The fourth-order valence-electron chi connectivity index (χ4n) is 3.95. The second kappa shape index (κ2) is 7.40. The van der Waals surface area contributed by atoms with E-state index < -0.39 is 0 Å². The highest BCUT2D eigenvalue weighted by atomic mass is 16.2. The van der Waals surface area contributed by atoms with Gasteiger partial charge >= 0.3 is 0 Å². The predicted octanol–water partition coefficient (Wildman–Crippen LogP) is 3.41. The summed E-state index contributed by atoms with van der Waals surface area (Å²) in [5.41, 5.74) is 3.63. The molecule has 0 radical (unpaired) electrons. The Morgan fingerprint density at radius 2 is 1.80 bits per heavy atom. The van der Waals surface area contributed by atoms with Crippen LogP contribution in [0, 0.1) is 25.7 Å². The van der Waals surface area contributed by atoms with Gasteiger partial charge in [-0.1, -0.05) is 32.0 Å². The van der Waals surface area contributed by atoms with Gasteiger partial charge in [0.05, 0.1) is 29.3 Å². The molecule has 1 aromatic heterocycles. The van der Waals surface area contributed by atoms with Crippen LogP contribution in [0.5, 0.6) is 0 Å². The first-order chi connectivity index (χ1) is 11.9. The number of carbonyl (C=O) groups is 1. The third kappa shape index (κ3) is 4.10. The van der Waals surface area contributed by atoms with E-state index in [-0.39, 0.29) is 5.91 Å². The summed E-state index contributed by atoms with van der Waals surface area (Å²) in [7, 11) is 0. The van der Waals surface area contributed by atoms with Crippen molar-refractivity contribution in [3.05, 3.63) is 41.7 Å². The SMILES string of the molecule is Cc1nn(-c2ccccc2)c(C)c1NC(=O)CN1C[C@@H](C)C[C@H](C)C1. The Morgan fingerprint density at radius 3 is 2.44 bits per heavy atom. The number of nitrogens with zero attached hydrogens (tertiary/aromatic N) is 3. The maximum Gasteiger partial charge on any atom is 0.238 e. The van der Waals surface area contributed by atoms with Crippen LogP contribution in [-0.2, 0) is 4.79 Å². The largest absolute Gasteiger partial charge is 0.322 e. The van der Waals surface area contributed by atoms with Crippen molar-refractivity contribution < 1.29 is 4.79 Å².